The molecular weight excluding hydrogens is 248 g/mol. The fourth-order valence-electron chi connectivity index (χ4n) is 2.19. The monoisotopic (exact) mass is 270 g/mol. The number of hydrogen-bond acceptors (Lipinski definition) is 3. The highest BCUT2D eigenvalue weighted by Crippen LogP contribution is 2.33. The third-order valence-electron chi connectivity index (χ3n) is 3.22. The van der Waals surface area contributed by atoms with Crippen molar-refractivity contribution < 1.29 is 4.74 Å². The van der Waals surface area contributed by atoms with Gasteiger partial charge in [-0.3, -0.25) is 0 Å². The molecule has 0 saturated heterocycles. The summed E-state index contributed by atoms with van der Waals surface area (Å²) in [6.45, 7) is 6.92. The van der Waals surface area contributed by atoms with E-state index < -0.39 is 0 Å². The van der Waals surface area contributed by atoms with Crippen LogP contribution in [0.4, 0.5) is 17.1 Å². The number of ether oxygens (including phenoxy) is 1. The summed E-state index contributed by atoms with van der Waals surface area (Å²) in [5, 5.41) is 3.42. The van der Waals surface area contributed by atoms with Gasteiger partial charge in [0.15, 0.2) is 0 Å². The summed E-state index contributed by atoms with van der Waals surface area (Å²) >= 11 is 0. The SMILES string of the molecule is CCOc1cccc(Nc2ccccc2C(C)C)c1N. The van der Waals surface area contributed by atoms with E-state index in [1.54, 1.807) is 0 Å². The van der Waals surface area contributed by atoms with Gasteiger partial charge in [-0.05, 0) is 36.6 Å². The van der Waals surface area contributed by atoms with E-state index in [1.807, 2.05) is 31.2 Å². The molecular formula is C17H22N2O. The number of nitrogen functional groups attached to an aromatic ring is 1. The van der Waals surface area contributed by atoms with Crippen molar-refractivity contribution in [2.24, 2.45) is 0 Å². The Labute approximate surface area is 120 Å². The number of hydrogen-bond donors (Lipinski definition) is 2. The summed E-state index contributed by atoms with van der Waals surface area (Å²) in [6.07, 6.45) is 0. The average molecular weight is 270 g/mol. The lowest BCUT2D eigenvalue weighted by Gasteiger charge is -2.17. The minimum atomic E-state index is 0.454. The Bertz CT molecular complexity index is 579. The van der Waals surface area contributed by atoms with Gasteiger partial charge in [0, 0.05) is 5.69 Å². The highest BCUT2D eigenvalue weighted by atomic mass is 16.5. The van der Waals surface area contributed by atoms with Crippen molar-refractivity contribution in [2.75, 3.05) is 17.7 Å². The lowest BCUT2D eigenvalue weighted by atomic mass is 10.0. The van der Waals surface area contributed by atoms with Crippen LogP contribution in [0.3, 0.4) is 0 Å². The van der Waals surface area contributed by atoms with Crippen molar-refractivity contribution in [3.8, 4) is 5.75 Å². The quantitative estimate of drug-likeness (QED) is 0.784. The largest absolute Gasteiger partial charge is 0.492 e. The first-order valence-corrected chi connectivity index (χ1v) is 7.00. The molecule has 20 heavy (non-hydrogen) atoms. The first-order valence-electron chi connectivity index (χ1n) is 7.00. The van der Waals surface area contributed by atoms with E-state index in [0.717, 1.165) is 17.1 Å². The van der Waals surface area contributed by atoms with E-state index in [0.29, 0.717) is 18.2 Å². The molecule has 0 unspecified atom stereocenters. The average Bonchev–Trinajstić information content (AvgIpc) is 2.44. The van der Waals surface area contributed by atoms with Crippen LogP contribution >= 0.6 is 0 Å². The van der Waals surface area contributed by atoms with Crippen LogP contribution in [0.25, 0.3) is 0 Å². The molecule has 0 radical (unpaired) electrons. The summed E-state index contributed by atoms with van der Waals surface area (Å²) in [5.74, 6) is 1.18. The summed E-state index contributed by atoms with van der Waals surface area (Å²) in [7, 11) is 0. The van der Waals surface area contributed by atoms with Crippen molar-refractivity contribution in [3.05, 3.63) is 48.0 Å². The molecule has 106 valence electrons. The summed E-state index contributed by atoms with van der Waals surface area (Å²) in [6, 6.07) is 14.1. The molecule has 0 aliphatic rings. The Morgan fingerprint density at radius 1 is 1.05 bits per heavy atom. The van der Waals surface area contributed by atoms with Gasteiger partial charge in [0.25, 0.3) is 0 Å². The predicted octanol–water partition coefficient (Wildman–Crippen LogP) is 4.53. The van der Waals surface area contributed by atoms with Crippen molar-refractivity contribution in [2.45, 2.75) is 26.7 Å². The van der Waals surface area contributed by atoms with Gasteiger partial charge in [0.05, 0.1) is 18.0 Å². The molecule has 2 aromatic rings. The smallest absolute Gasteiger partial charge is 0.144 e. The number of anilines is 3. The van der Waals surface area contributed by atoms with E-state index in [9.17, 15) is 0 Å². The van der Waals surface area contributed by atoms with E-state index in [-0.39, 0.29) is 0 Å². The van der Waals surface area contributed by atoms with E-state index >= 15 is 0 Å². The lowest BCUT2D eigenvalue weighted by molar-refractivity contribution is 0.342. The van der Waals surface area contributed by atoms with Crippen LogP contribution in [0.15, 0.2) is 42.5 Å². The molecule has 0 fully saturated rings. The minimum absolute atomic E-state index is 0.454. The topological polar surface area (TPSA) is 47.3 Å². The van der Waals surface area contributed by atoms with Gasteiger partial charge in [0.1, 0.15) is 5.75 Å². The summed E-state index contributed by atoms with van der Waals surface area (Å²) < 4.78 is 5.53. The maximum absolute atomic E-state index is 6.16. The van der Waals surface area contributed by atoms with Crippen molar-refractivity contribution >= 4 is 17.1 Å². The second kappa shape index (κ2) is 6.33. The summed E-state index contributed by atoms with van der Waals surface area (Å²) in [4.78, 5) is 0. The van der Waals surface area contributed by atoms with Crippen LogP contribution < -0.4 is 15.8 Å². The van der Waals surface area contributed by atoms with Gasteiger partial charge < -0.3 is 15.8 Å². The predicted molar refractivity (Wildman–Crippen MR) is 85.8 cm³/mol. The third kappa shape index (κ3) is 3.05. The zero-order valence-corrected chi connectivity index (χ0v) is 12.3. The molecule has 3 heteroatoms. The van der Waals surface area contributed by atoms with Crippen molar-refractivity contribution in [3.63, 3.8) is 0 Å². The third-order valence-corrected chi connectivity index (χ3v) is 3.22. The highest BCUT2D eigenvalue weighted by molar-refractivity contribution is 5.78. The highest BCUT2D eigenvalue weighted by Gasteiger charge is 2.09. The standard InChI is InChI=1S/C17H22N2O/c1-4-20-16-11-7-10-15(17(16)18)19-14-9-6-5-8-13(14)12(2)3/h5-12,19H,4,18H2,1-3H3. The van der Waals surface area contributed by atoms with E-state index in [1.165, 1.54) is 5.56 Å². The molecule has 0 heterocycles. The Kier molecular flexibility index (Phi) is 4.51. The second-order valence-electron chi connectivity index (χ2n) is 5.02. The molecule has 3 nitrogen and oxygen atoms in total. The zero-order chi connectivity index (χ0) is 14.5. The molecule has 0 aliphatic heterocycles. The fourth-order valence-corrected chi connectivity index (χ4v) is 2.19. The van der Waals surface area contributed by atoms with Crippen LogP contribution in [0, 0.1) is 0 Å². The number of nitrogens with two attached hydrogens (primary N) is 1. The van der Waals surface area contributed by atoms with Crippen LogP contribution in [0.5, 0.6) is 5.75 Å². The number of rotatable bonds is 5. The second-order valence-corrected chi connectivity index (χ2v) is 5.02. The fraction of sp³-hybridized carbons (Fsp3) is 0.294. The Morgan fingerprint density at radius 3 is 2.45 bits per heavy atom. The van der Waals surface area contributed by atoms with Gasteiger partial charge in [-0.1, -0.05) is 38.1 Å². The van der Waals surface area contributed by atoms with Crippen LogP contribution in [-0.4, -0.2) is 6.61 Å². The molecule has 0 saturated carbocycles. The normalized spacial score (nSPS) is 10.6. The molecule has 3 N–H and O–H groups in total. The molecule has 2 aromatic carbocycles. The Balaban J connectivity index is 2.33. The Morgan fingerprint density at radius 2 is 1.75 bits per heavy atom. The minimum Gasteiger partial charge on any atom is -0.492 e. The van der Waals surface area contributed by atoms with Crippen molar-refractivity contribution in [1.29, 1.82) is 0 Å². The van der Waals surface area contributed by atoms with Gasteiger partial charge >= 0.3 is 0 Å². The molecule has 0 atom stereocenters. The van der Waals surface area contributed by atoms with Crippen molar-refractivity contribution in [1.82, 2.24) is 0 Å². The van der Waals surface area contributed by atoms with Gasteiger partial charge in [-0.2, -0.15) is 0 Å². The molecule has 0 amide bonds. The molecule has 0 aliphatic carbocycles. The van der Waals surface area contributed by atoms with Gasteiger partial charge in [-0.25, -0.2) is 0 Å². The number of para-hydroxylation sites is 2. The zero-order valence-electron chi connectivity index (χ0n) is 12.3. The molecule has 0 bridgehead atoms. The van der Waals surface area contributed by atoms with Gasteiger partial charge in [0.2, 0.25) is 0 Å². The lowest BCUT2D eigenvalue weighted by Crippen LogP contribution is -2.03. The number of benzene rings is 2. The maximum atomic E-state index is 6.16. The molecule has 0 aromatic heterocycles. The maximum Gasteiger partial charge on any atom is 0.144 e. The van der Waals surface area contributed by atoms with E-state index in [2.05, 4.69) is 37.4 Å². The first kappa shape index (κ1) is 14.3. The Hall–Kier alpha value is -2.16. The molecule has 2 rings (SSSR count). The van der Waals surface area contributed by atoms with Crippen LogP contribution in [0.1, 0.15) is 32.3 Å². The van der Waals surface area contributed by atoms with E-state index in [4.69, 9.17) is 10.5 Å². The number of nitrogens with one attached hydrogen (secondary N) is 1. The summed E-state index contributed by atoms with van der Waals surface area (Å²) in [5.41, 5.74) is 10.0. The molecule has 0 spiro atoms. The van der Waals surface area contributed by atoms with Crippen LogP contribution in [0.2, 0.25) is 0 Å². The van der Waals surface area contributed by atoms with Gasteiger partial charge in [-0.15, -0.1) is 0 Å². The van der Waals surface area contributed by atoms with Crippen LogP contribution in [-0.2, 0) is 0 Å². The first-order chi connectivity index (χ1) is 9.63.